The van der Waals surface area contributed by atoms with Gasteiger partial charge in [-0.05, 0) is 36.8 Å². The van der Waals surface area contributed by atoms with Crippen molar-refractivity contribution in [1.29, 1.82) is 0 Å². The zero-order valence-corrected chi connectivity index (χ0v) is 17.1. The van der Waals surface area contributed by atoms with E-state index in [2.05, 4.69) is 5.32 Å². The van der Waals surface area contributed by atoms with Crippen LogP contribution in [0, 0.1) is 0 Å². The topological polar surface area (TPSA) is 69.3 Å². The first-order chi connectivity index (χ1) is 14.2. The average Bonchev–Trinajstić information content (AvgIpc) is 2.76. The number of fused-ring (bicyclic) bond motifs is 1. The van der Waals surface area contributed by atoms with Crippen LogP contribution in [-0.4, -0.2) is 58.0 Å². The summed E-state index contributed by atoms with van der Waals surface area (Å²) in [4.78, 5) is 14.9. The van der Waals surface area contributed by atoms with Gasteiger partial charge in [0.25, 0.3) is 5.91 Å². The first-order valence-corrected chi connectivity index (χ1v) is 9.73. The first-order valence-electron chi connectivity index (χ1n) is 9.73. The fourth-order valence-corrected chi connectivity index (χ4v) is 3.30. The lowest BCUT2D eigenvalue weighted by molar-refractivity contribution is 0.0609. The van der Waals surface area contributed by atoms with Crippen molar-refractivity contribution in [2.75, 3.05) is 52.5 Å². The molecule has 7 nitrogen and oxygen atoms in total. The third-order valence-corrected chi connectivity index (χ3v) is 4.75. The van der Waals surface area contributed by atoms with Crippen LogP contribution in [0.2, 0.25) is 0 Å². The van der Waals surface area contributed by atoms with Gasteiger partial charge in [-0.25, -0.2) is 0 Å². The maximum Gasteiger partial charge on any atom is 0.257 e. The van der Waals surface area contributed by atoms with Crippen molar-refractivity contribution < 1.29 is 23.7 Å². The van der Waals surface area contributed by atoms with Crippen LogP contribution in [0.15, 0.2) is 42.5 Å². The summed E-state index contributed by atoms with van der Waals surface area (Å²) in [6.07, 6.45) is -0.334. The fourth-order valence-electron chi connectivity index (χ4n) is 3.30. The van der Waals surface area contributed by atoms with Crippen molar-refractivity contribution in [3.05, 3.63) is 53.6 Å². The number of nitrogens with zero attached hydrogens (tertiary/aromatic N) is 1. The van der Waals surface area contributed by atoms with Crippen LogP contribution >= 0.6 is 0 Å². The normalized spacial score (nSPS) is 15.6. The molecule has 1 aliphatic heterocycles. The molecule has 1 aliphatic rings. The van der Waals surface area contributed by atoms with E-state index in [1.54, 1.807) is 19.1 Å². The van der Waals surface area contributed by atoms with E-state index in [1.165, 1.54) is 0 Å². The van der Waals surface area contributed by atoms with E-state index in [0.29, 0.717) is 50.0 Å². The summed E-state index contributed by atoms with van der Waals surface area (Å²) in [5.41, 5.74) is 2.37. The van der Waals surface area contributed by atoms with Gasteiger partial charge < -0.3 is 29.2 Å². The molecule has 1 heterocycles. The lowest BCUT2D eigenvalue weighted by Crippen LogP contribution is -2.44. The molecule has 156 valence electrons. The standard InChI is InChI=1S/C22H28N2O5/c1-4-28-13-14-29-19-10-9-16(15-20(19)27-3)21-23-18-8-6-5-7-17(18)22(25)24(21)11-12-26-2/h5-10,15,21,23H,4,11-14H2,1-3H3. The largest absolute Gasteiger partial charge is 0.493 e. The highest BCUT2D eigenvalue weighted by molar-refractivity contribution is 6.01. The molecule has 7 heteroatoms. The van der Waals surface area contributed by atoms with Crippen molar-refractivity contribution in [1.82, 2.24) is 4.90 Å². The summed E-state index contributed by atoms with van der Waals surface area (Å²) in [7, 11) is 3.23. The number of nitrogens with one attached hydrogen (secondary N) is 1. The van der Waals surface area contributed by atoms with E-state index in [-0.39, 0.29) is 12.1 Å². The Balaban J connectivity index is 1.87. The van der Waals surface area contributed by atoms with Crippen molar-refractivity contribution in [2.45, 2.75) is 13.1 Å². The van der Waals surface area contributed by atoms with E-state index in [1.807, 2.05) is 49.4 Å². The Morgan fingerprint density at radius 2 is 1.86 bits per heavy atom. The van der Waals surface area contributed by atoms with Crippen molar-refractivity contribution >= 4 is 11.6 Å². The minimum atomic E-state index is -0.334. The number of hydrogen-bond acceptors (Lipinski definition) is 6. The molecule has 2 aromatic rings. The molecule has 2 aromatic carbocycles. The van der Waals surface area contributed by atoms with Gasteiger partial charge in [0, 0.05) is 25.9 Å². The molecule has 0 aliphatic carbocycles. The van der Waals surface area contributed by atoms with Gasteiger partial charge >= 0.3 is 0 Å². The maximum absolute atomic E-state index is 13.1. The van der Waals surface area contributed by atoms with Gasteiger partial charge in [0.05, 0.1) is 25.9 Å². The number of ether oxygens (including phenoxy) is 4. The van der Waals surface area contributed by atoms with Crippen LogP contribution in [0.1, 0.15) is 29.0 Å². The maximum atomic E-state index is 13.1. The average molecular weight is 400 g/mol. The predicted octanol–water partition coefficient (Wildman–Crippen LogP) is 3.32. The monoisotopic (exact) mass is 400 g/mol. The molecule has 0 fully saturated rings. The second-order valence-electron chi connectivity index (χ2n) is 6.54. The lowest BCUT2D eigenvalue weighted by atomic mass is 10.0. The van der Waals surface area contributed by atoms with Gasteiger partial charge in [-0.1, -0.05) is 18.2 Å². The zero-order chi connectivity index (χ0) is 20.6. The van der Waals surface area contributed by atoms with E-state index < -0.39 is 0 Å². The molecule has 1 N–H and O–H groups in total. The van der Waals surface area contributed by atoms with Gasteiger partial charge in [0.1, 0.15) is 12.8 Å². The molecule has 1 amide bonds. The highest BCUT2D eigenvalue weighted by Crippen LogP contribution is 2.36. The molecule has 0 radical (unpaired) electrons. The molecule has 0 bridgehead atoms. The highest BCUT2D eigenvalue weighted by atomic mass is 16.5. The van der Waals surface area contributed by atoms with Crippen LogP contribution in [0.3, 0.4) is 0 Å². The van der Waals surface area contributed by atoms with Gasteiger partial charge in [0.2, 0.25) is 0 Å². The first kappa shape index (κ1) is 21.0. The molecular formula is C22H28N2O5. The number of carbonyl (C=O) groups excluding carboxylic acids is 1. The quantitative estimate of drug-likeness (QED) is 0.617. The third kappa shape index (κ3) is 4.81. The molecule has 29 heavy (non-hydrogen) atoms. The molecular weight excluding hydrogens is 372 g/mol. The van der Waals surface area contributed by atoms with Gasteiger partial charge in [-0.3, -0.25) is 4.79 Å². The van der Waals surface area contributed by atoms with Crippen LogP contribution < -0.4 is 14.8 Å². The van der Waals surface area contributed by atoms with Crippen molar-refractivity contribution in [3.8, 4) is 11.5 Å². The van der Waals surface area contributed by atoms with Gasteiger partial charge in [0.15, 0.2) is 11.5 Å². The smallest absolute Gasteiger partial charge is 0.257 e. The van der Waals surface area contributed by atoms with E-state index in [4.69, 9.17) is 18.9 Å². The summed E-state index contributed by atoms with van der Waals surface area (Å²) >= 11 is 0. The highest BCUT2D eigenvalue weighted by Gasteiger charge is 2.32. The number of benzene rings is 2. The summed E-state index contributed by atoms with van der Waals surface area (Å²) in [5.74, 6) is 1.22. The predicted molar refractivity (Wildman–Crippen MR) is 111 cm³/mol. The molecule has 1 unspecified atom stereocenters. The lowest BCUT2D eigenvalue weighted by Gasteiger charge is -2.38. The SMILES string of the molecule is CCOCCOc1ccc(C2Nc3ccccc3C(=O)N2CCOC)cc1OC. The zero-order valence-electron chi connectivity index (χ0n) is 17.1. The van der Waals surface area contributed by atoms with Gasteiger partial charge in [-0.2, -0.15) is 0 Å². The number of amides is 1. The molecule has 0 aromatic heterocycles. The minimum absolute atomic E-state index is 0.0302. The Hall–Kier alpha value is -2.77. The second kappa shape index (κ2) is 10.1. The fraction of sp³-hybridized carbons (Fsp3) is 0.409. The number of para-hydroxylation sites is 1. The van der Waals surface area contributed by atoms with Crippen molar-refractivity contribution in [3.63, 3.8) is 0 Å². The summed E-state index contributed by atoms with van der Waals surface area (Å²) in [5, 5.41) is 3.47. The van der Waals surface area contributed by atoms with E-state index in [9.17, 15) is 4.79 Å². The number of anilines is 1. The van der Waals surface area contributed by atoms with Gasteiger partial charge in [-0.15, -0.1) is 0 Å². The molecule has 0 saturated heterocycles. The Bertz CT molecular complexity index is 827. The Morgan fingerprint density at radius 3 is 2.62 bits per heavy atom. The van der Waals surface area contributed by atoms with Crippen LogP contribution in [0.25, 0.3) is 0 Å². The Morgan fingerprint density at radius 1 is 1.03 bits per heavy atom. The van der Waals surface area contributed by atoms with Crippen molar-refractivity contribution in [2.24, 2.45) is 0 Å². The molecule has 0 spiro atoms. The summed E-state index contributed by atoms with van der Waals surface area (Å²) in [6, 6.07) is 13.2. The third-order valence-electron chi connectivity index (χ3n) is 4.75. The number of rotatable bonds is 10. The van der Waals surface area contributed by atoms with Crippen LogP contribution in [0.4, 0.5) is 5.69 Å². The van der Waals surface area contributed by atoms with E-state index in [0.717, 1.165) is 11.3 Å². The number of carbonyl (C=O) groups is 1. The number of hydrogen-bond donors (Lipinski definition) is 1. The summed E-state index contributed by atoms with van der Waals surface area (Å²) < 4.78 is 21.8. The molecule has 0 saturated carbocycles. The van der Waals surface area contributed by atoms with E-state index >= 15 is 0 Å². The minimum Gasteiger partial charge on any atom is -0.493 e. The molecule has 1 atom stereocenters. The molecule has 3 rings (SSSR count). The second-order valence-corrected chi connectivity index (χ2v) is 6.54. The van der Waals surface area contributed by atoms with Crippen LogP contribution in [-0.2, 0) is 9.47 Å². The Kier molecular flexibility index (Phi) is 7.32. The Labute approximate surface area is 171 Å². The number of methoxy groups -OCH3 is 2. The van der Waals surface area contributed by atoms with Crippen LogP contribution in [0.5, 0.6) is 11.5 Å². The summed E-state index contributed by atoms with van der Waals surface area (Å²) in [6.45, 7) is 4.47.